The highest BCUT2D eigenvalue weighted by Crippen LogP contribution is 2.14. The van der Waals surface area contributed by atoms with Gasteiger partial charge in [0.15, 0.2) is 0 Å². The van der Waals surface area contributed by atoms with Crippen LogP contribution in [0.1, 0.15) is 51.6 Å². The first-order chi connectivity index (χ1) is 7.13. The number of aromatic nitrogens is 2. The molecule has 1 amide bonds. The van der Waals surface area contributed by atoms with Gasteiger partial charge in [-0.1, -0.05) is 27.2 Å². The Kier molecular flexibility index (Phi) is 4.34. The minimum atomic E-state index is 0.0517. The van der Waals surface area contributed by atoms with Gasteiger partial charge in [0.05, 0.1) is 5.69 Å². The number of anilines is 1. The molecule has 4 heteroatoms. The molecular formula is C11H19N3O. The van der Waals surface area contributed by atoms with Crippen molar-refractivity contribution in [3.8, 4) is 0 Å². The zero-order chi connectivity index (χ0) is 11.3. The molecule has 1 aromatic heterocycles. The number of aromatic amines is 1. The van der Waals surface area contributed by atoms with E-state index in [9.17, 15) is 4.79 Å². The molecule has 0 saturated heterocycles. The molecule has 15 heavy (non-hydrogen) atoms. The topological polar surface area (TPSA) is 57.8 Å². The van der Waals surface area contributed by atoms with Crippen molar-refractivity contribution in [1.29, 1.82) is 0 Å². The van der Waals surface area contributed by atoms with Crippen LogP contribution in [0.3, 0.4) is 0 Å². The average Bonchev–Trinajstić information content (AvgIpc) is 2.63. The lowest BCUT2D eigenvalue weighted by Gasteiger charge is -2.00. The Balaban J connectivity index is 2.46. The van der Waals surface area contributed by atoms with E-state index < -0.39 is 0 Å². The minimum Gasteiger partial charge on any atom is -0.311 e. The highest BCUT2D eigenvalue weighted by Gasteiger charge is 2.07. The maximum absolute atomic E-state index is 11.4. The summed E-state index contributed by atoms with van der Waals surface area (Å²) in [7, 11) is 0. The van der Waals surface area contributed by atoms with Crippen molar-refractivity contribution in [2.45, 2.75) is 46.0 Å². The molecule has 0 aliphatic rings. The van der Waals surface area contributed by atoms with Gasteiger partial charge >= 0.3 is 0 Å². The molecule has 0 saturated carbocycles. The molecule has 0 atom stereocenters. The number of hydrogen-bond donors (Lipinski definition) is 2. The van der Waals surface area contributed by atoms with Crippen molar-refractivity contribution in [3.63, 3.8) is 0 Å². The van der Waals surface area contributed by atoms with Gasteiger partial charge in [-0.15, -0.1) is 0 Å². The van der Waals surface area contributed by atoms with Crippen LogP contribution in [-0.4, -0.2) is 16.1 Å². The summed E-state index contributed by atoms with van der Waals surface area (Å²) in [6.07, 6.45) is 2.54. The molecule has 0 bridgehead atoms. The summed E-state index contributed by atoms with van der Waals surface area (Å²) in [5.74, 6) is 1.12. The summed E-state index contributed by atoms with van der Waals surface area (Å²) in [6, 6.07) is 1.88. The van der Waals surface area contributed by atoms with E-state index in [1.165, 1.54) is 0 Å². The Hall–Kier alpha value is -1.32. The molecule has 0 fully saturated rings. The van der Waals surface area contributed by atoms with Crippen molar-refractivity contribution in [2.24, 2.45) is 0 Å². The van der Waals surface area contributed by atoms with Gasteiger partial charge in [-0.3, -0.25) is 9.89 Å². The number of hydrogen-bond acceptors (Lipinski definition) is 2. The van der Waals surface area contributed by atoms with Crippen LogP contribution in [-0.2, 0) is 4.79 Å². The number of rotatable bonds is 5. The van der Waals surface area contributed by atoms with Crippen LogP contribution in [0.2, 0.25) is 0 Å². The van der Waals surface area contributed by atoms with E-state index >= 15 is 0 Å². The first-order valence-corrected chi connectivity index (χ1v) is 5.48. The fraction of sp³-hybridized carbons (Fsp3) is 0.636. The number of unbranched alkanes of at least 4 members (excludes halogenated alkanes) is 1. The SMILES string of the molecule is CCCCC(=O)Nc1cc(C(C)C)n[nH]1. The van der Waals surface area contributed by atoms with Gasteiger partial charge in [0.2, 0.25) is 5.91 Å². The Morgan fingerprint density at radius 2 is 2.33 bits per heavy atom. The van der Waals surface area contributed by atoms with Crippen LogP contribution >= 0.6 is 0 Å². The molecule has 1 rings (SSSR count). The lowest BCUT2D eigenvalue weighted by atomic mass is 10.1. The predicted octanol–water partition coefficient (Wildman–Crippen LogP) is 2.66. The third-order valence-corrected chi connectivity index (χ3v) is 2.22. The number of amides is 1. The third kappa shape index (κ3) is 3.73. The Labute approximate surface area is 90.5 Å². The summed E-state index contributed by atoms with van der Waals surface area (Å²) in [4.78, 5) is 11.4. The maximum atomic E-state index is 11.4. The summed E-state index contributed by atoms with van der Waals surface area (Å²) in [5.41, 5.74) is 0.973. The molecule has 0 aliphatic heterocycles. The van der Waals surface area contributed by atoms with Gasteiger partial charge in [0, 0.05) is 12.5 Å². The first kappa shape index (κ1) is 11.8. The second-order valence-corrected chi connectivity index (χ2v) is 4.01. The molecular weight excluding hydrogens is 190 g/mol. The van der Waals surface area contributed by atoms with Crippen LogP contribution in [0.4, 0.5) is 5.82 Å². The number of nitrogens with zero attached hydrogens (tertiary/aromatic N) is 1. The van der Waals surface area contributed by atoms with Gasteiger partial charge in [0.1, 0.15) is 5.82 Å². The van der Waals surface area contributed by atoms with E-state index in [0.717, 1.165) is 18.5 Å². The molecule has 0 spiro atoms. The highest BCUT2D eigenvalue weighted by atomic mass is 16.1. The second kappa shape index (κ2) is 5.53. The molecule has 0 unspecified atom stereocenters. The standard InChI is InChI=1S/C11H19N3O/c1-4-5-6-11(15)12-10-7-9(8(2)3)13-14-10/h7-8H,4-6H2,1-3H3,(H2,12,13,14,15). The van der Waals surface area contributed by atoms with Crippen LogP contribution in [0.5, 0.6) is 0 Å². The van der Waals surface area contributed by atoms with Gasteiger partial charge in [0.25, 0.3) is 0 Å². The van der Waals surface area contributed by atoms with E-state index in [0.29, 0.717) is 18.2 Å². The largest absolute Gasteiger partial charge is 0.311 e. The second-order valence-electron chi connectivity index (χ2n) is 4.01. The number of nitrogens with one attached hydrogen (secondary N) is 2. The monoisotopic (exact) mass is 209 g/mol. The van der Waals surface area contributed by atoms with Crippen molar-refractivity contribution in [3.05, 3.63) is 11.8 Å². The fourth-order valence-electron chi connectivity index (χ4n) is 1.25. The molecule has 2 N–H and O–H groups in total. The smallest absolute Gasteiger partial charge is 0.225 e. The average molecular weight is 209 g/mol. The number of carbonyl (C=O) groups is 1. The van der Waals surface area contributed by atoms with Crippen LogP contribution in [0.25, 0.3) is 0 Å². The molecule has 0 aromatic carbocycles. The van der Waals surface area contributed by atoms with Gasteiger partial charge in [-0.25, -0.2) is 0 Å². The number of carbonyl (C=O) groups excluding carboxylic acids is 1. The number of H-pyrrole nitrogens is 1. The summed E-state index contributed by atoms with van der Waals surface area (Å²) in [6.45, 7) is 6.21. The lowest BCUT2D eigenvalue weighted by molar-refractivity contribution is -0.116. The zero-order valence-electron chi connectivity index (χ0n) is 9.63. The predicted molar refractivity (Wildman–Crippen MR) is 60.8 cm³/mol. The third-order valence-electron chi connectivity index (χ3n) is 2.22. The van der Waals surface area contributed by atoms with Crippen LogP contribution < -0.4 is 5.32 Å². The van der Waals surface area contributed by atoms with Gasteiger partial charge < -0.3 is 5.32 Å². The molecule has 0 aliphatic carbocycles. The lowest BCUT2D eigenvalue weighted by Crippen LogP contribution is -2.11. The van der Waals surface area contributed by atoms with Gasteiger partial charge in [-0.2, -0.15) is 5.10 Å². The Morgan fingerprint density at radius 3 is 2.87 bits per heavy atom. The molecule has 1 heterocycles. The van der Waals surface area contributed by atoms with Crippen molar-refractivity contribution >= 4 is 11.7 Å². The Morgan fingerprint density at radius 1 is 1.60 bits per heavy atom. The van der Waals surface area contributed by atoms with E-state index in [1.54, 1.807) is 0 Å². The fourth-order valence-corrected chi connectivity index (χ4v) is 1.25. The van der Waals surface area contributed by atoms with E-state index in [4.69, 9.17) is 0 Å². The zero-order valence-corrected chi connectivity index (χ0v) is 9.63. The highest BCUT2D eigenvalue weighted by molar-refractivity contribution is 5.89. The maximum Gasteiger partial charge on any atom is 0.225 e. The van der Waals surface area contributed by atoms with E-state index in [2.05, 4.69) is 36.3 Å². The quantitative estimate of drug-likeness (QED) is 0.783. The molecule has 0 radical (unpaired) electrons. The van der Waals surface area contributed by atoms with E-state index in [-0.39, 0.29) is 5.91 Å². The molecule has 4 nitrogen and oxygen atoms in total. The molecule has 1 aromatic rings. The van der Waals surface area contributed by atoms with Gasteiger partial charge in [-0.05, 0) is 12.3 Å². The molecule has 84 valence electrons. The summed E-state index contributed by atoms with van der Waals surface area (Å²) in [5, 5.41) is 9.72. The van der Waals surface area contributed by atoms with Crippen molar-refractivity contribution in [1.82, 2.24) is 10.2 Å². The summed E-state index contributed by atoms with van der Waals surface area (Å²) < 4.78 is 0. The summed E-state index contributed by atoms with van der Waals surface area (Å²) >= 11 is 0. The van der Waals surface area contributed by atoms with Crippen LogP contribution in [0, 0.1) is 0 Å². The normalized spacial score (nSPS) is 10.7. The first-order valence-electron chi connectivity index (χ1n) is 5.48. The Bertz CT molecular complexity index is 317. The van der Waals surface area contributed by atoms with Crippen molar-refractivity contribution in [2.75, 3.05) is 5.32 Å². The van der Waals surface area contributed by atoms with E-state index in [1.807, 2.05) is 6.07 Å². The van der Waals surface area contributed by atoms with Crippen molar-refractivity contribution < 1.29 is 4.79 Å². The van der Waals surface area contributed by atoms with Crippen LogP contribution in [0.15, 0.2) is 6.07 Å². The minimum absolute atomic E-state index is 0.0517.